The Kier molecular flexibility index (Phi) is 6.11. The Bertz CT molecular complexity index is 668. The van der Waals surface area contributed by atoms with Crippen molar-refractivity contribution in [2.24, 2.45) is 0 Å². The van der Waals surface area contributed by atoms with Gasteiger partial charge < -0.3 is 9.47 Å². The van der Waals surface area contributed by atoms with E-state index in [1.165, 1.54) is 13.8 Å². The first kappa shape index (κ1) is 20.4. The van der Waals surface area contributed by atoms with Crippen LogP contribution in [0.3, 0.4) is 0 Å². The molecule has 1 aromatic carbocycles. The smallest absolute Gasteiger partial charge is 0.423 e. The summed E-state index contributed by atoms with van der Waals surface area (Å²) in [6.45, 7) is 3.73. The Morgan fingerprint density at radius 1 is 1.12 bits per heavy atom. The zero-order valence-corrected chi connectivity index (χ0v) is 13.7. The summed E-state index contributed by atoms with van der Waals surface area (Å²) in [5.41, 5.74) is -5.37. The van der Waals surface area contributed by atoms with Gasteiger partial charge in [0.1, 0.15) is 5.56 Å². The molecule has 0 atom stereocenters. The average Bonchev–Trinajstić information content (AvgIpc) is 2.52. The van der Waals surface area contributed by atoms with E-state index in [0.29, 0.717) is 12.1 Å². The van der Waals surface area contributed by atoms with E-state index in [1.807, 2.05) is 0 Å². The van der Waals surface area contributed by atoms with Gasteiger partial charge in [0, 0.05) is 6.07 Å². The standard InChI is InChI=1S/C15H16F3NO6/c1-4-24-12(20)14(3,13(21)25-5-2)9-6-7-11(19(22)23)10(8-9)15(16,17)18/h6-8H,4-5H2,1-3H3. The van der Waals surface area contributed by atoms with Crippen molar-refractivity contribution in [1.29, 1.82) is 0 Å². The summed E-state index contributed by atoms with van der Waals surface area (Å²) in [6, 6.07) is 1.89. The van der Waals surface area contributed by atoms with Gasteiger partial charge in [-0.15, -0.1) is 0 Å². The van der Waals surface area contributed by atoms with E-state index in [0.717, 1.165) is 13.0 Å². The number of halogens is 3. The molecule has 138 valence electrons. The second-order valence-corrected chi connectivity index (χ2v) is 5.05. The van der Waals surface area contributed by atoms with Gasteiger partial charge in [-0.25, -0.2) is 0 Å². The predicted octanol–water partition coefficient (Wildman–Crippen LogP) is 3.00. The molecule has 0 fully saturated rings. The zero-order chi connectivity index (χ0) is 19.4. The number of hydrogen-bond donors (Lipinski definition) is 0. The van der Waals surface area contributed by atoms with Crippen LogP contribution in [-0.4, -0.2) is 30.1 Å². The Morgan fingerprint density at radius 2 is 1.60 bits per heavy atom. The lowest BCUT2D eigenvalue weighted by Gasteiger charge is -2.26. The maximum Gasteiger partial charge on any atom is 0.423 e. The van der Waals surface area contributed by atoms with E-state index in [4.69, 9.17) is 9.47 Å². The highest BCUT2D eigenvalue weighted by Crippen LogP contribution is 2.39. The van der Waals surface area contributed by atoms with Crippen LogP contribution in [-0.2, 0) is 30.7 Å². The van der Waals surface area contributed by atoms with Crippen molar-refractivity contribution in [2.75, 3.05) is 13.2 Å². The highest BCUT2D eigenvalue weighted by molar-refractivity contribution is 6.06. The normalized spacial score (nSPS) is 11.8. The number of nitro benzene ring substituents is 1. The van der Waals surface area contributed by atoms with Crippen molar-refractivity contribution < 1.29 is 37.2 Å². The molecule has 0 bridgehead atoms. The maximum absolute atomic E-state index is 13.1. The van der Waals surface area contributed by atoms with Crippen LogP contribution in [0.25, 0.3) is 0 Å². The predicted molar refractivity (Wildman–Crippen MR) is 78.7 cm³/mol. The van der Waals surface area contributed by atoms with Crippen LogP contribution in [0.15, 0.2) is 18.2 Å². The van der Waals surface area contributed by atoms with Gasteiger partial charge in [-0.05, 0) is 32.4 Å². The fourth-order valence-electron chi connectivity index (χ4n) is 2.10. The summed E-state index contributed by atoms with van der Waals surface area (Å²) >= 11 is 0. The molecule has 0 saturated carbocycles. The van der Waals surface area contributed by atoms with Crippen molar-refractivity contribution in [2.45, 2.75) is 32.4 Å². The quantitative estimate of drug-likeness (QED) is 0.334. The molecule has 0 radical (unpaired) electrons. The first-order valence-electron chi connectivity index (χ1n) is 7.20. The number of carbonyl (C=O) groups is 2. The van der Waals surface area contributed by atoms with Crippen LogP contribution in [0.2, 0.25) is 0 Å². The average molecular weight is 363 g/mol. The maximum atomic E-state index is 13.1. The molecule has 0 amide bonds. The minimum Gasteiger partial charge on any atom is -0.465 e. The number of benzene rings is 1. The largest absolute Gasteiger partial charge is 0.465 e. The fraction of sp³-hybridized carbons (Fsp3) is 0.467. The third-order valence-corrected chi connectivity index (χ3v) is 3.44. The SMILES string of the molecule is CCOC(=O)C(C)(C(=O)OCC)c1ccc([N+](=O)[O-])c(C(F)(F)F)c1. The van der Waals surface area contributed by atoms with Gasteiger partial charge >= 0.3 is 18.1 Å². The van der Waals surface area contributed by atoms with Gasteiger partial charge in [0.25, 0.3) is 5.69 Å². The molecule has 0 aliphatic heterocycles. The molecule has 7 nitrogen and oxygen atoms in total. The minimum atomic E-state index is -5.05. The van der Waals surface area contributed by atoms with Gasteiger partial charge in [0.15, 0.2) is 5.41 Å². The summed E-state index contributed by atoms with van der Waals surface area (Å²) in [4.78, 5) is 34.1. The van der Waals surface area contributed by atoms with E-state index in [9.17, 15) is 32.9 Å². The lowest BCUT2D eigenvalue weighted by atomic mass is 9.81. The molecular formula is C15H16F3NO6. The van der Waals surface area contributed by atoms with Crippen molar-refractivity contribution in [3.8, 4) is 0 Å². The summed E-state index contributed by atoms with van der Waals surface area (Å²) in [5.74, 6) is -2.23. The van der Waals surface area contributed by atoms with Gasteiger partial charge in [-0.3, -0.25) is 19.7 Å². The molecule has 0 saturated heterocycles. The highest BCUT2D eigenvalue weighted by atomic mass is 19.4. The molecular weight excluding hydrogens is 347 g/mol. The van der Waals surface area contributed by atoms with E-state index in [2.05, 4.69) is 0 Å². The van der Waals surface area contributed by atoms with Crippen LogP contribution >= 0.6 is 0 Å². The number of carbonyl (C=O) groups excluding carboxylic acids is 2. The summed E-state index contributed by atoms with van der Waals surface area (Å²) in [6.07, 6.45) is -5.05. The topological polar surface area (TPSA) is 95.7 Å². The molecule has 0 heterocycles. The number of nitrogens with zero attached hydrogens (tertiary/aromatic N) is 1. The van der Waals surface area contributed by atoms with E-state index < -0.39 is 45.3 Å². The number of hydrogen-bond acceptors (Lipinski definition) is 6. The van der Waals surface area contributed by atoms with Crippen molar-refractivity contribution in [3.63, 3.8) is 0 Å². The molecule has 0 aliphatic rings. The van der Waals surface area contributed by atoms with Crippen molar-refractivity contribution in [3.05, 3.63) is 39.4 Å². The van der Waals surface area contributed by atoms with Gasteiger partial charge in [0.05, 0.1) is 18.1 Å². The van der Waals surface area contributed by atoms with Gasteiger partial charge in [-0.2, -0.15) is 13.2 Å². The monoisotopic (exact) mass is 363 g/mol. The third kappa shape index (κ3) is 4.06. The third-order valence-electron chi connectivity index (χ3n) is 3.44. The van der Waals surface area contributed by atoms with Crippen LogP contribution in [0.4, 0.5) is 18.9 Å². The van der Waals surface area contributed by atoms with Crippen LogP contribution in [0.5, 0.6) is 0 Å². The summed E-state index contributed by atoms with van der Waals surface area (Å²) < 4.78 is 49.0. The second kappa shape index (κ2) is 7.49. The van der Waals surface area contributed by atoms with Crippen LogP contribution in [0, 0.1) is 10.1 Å². The Balaban J connectivity index is 3.63. The Morgan fingerprint density at radius 3 is 1.96 bits per heavy atom. The van der Waals surface area contributed by atoms with Gasteiger partial charge in [0.2, 0.25) is 0 Å². The van der Waals surface area contributed by atoms with Crippen LogP contribution < -0.4 is 0 Å². The molecule has 0 aromatic heterocycles. The van der Waals surface area contributed by atoms with Gasteiger partial charge in [-0.1, -0.05) is 6.07 Å². The molecule has 10 heteroatoms. The Hall–Kier alpha value is -2.65. The van der Waals surface area contributed by atoms with E-state index in [1.54, 1.807) is 0 Å². The first-order chi connectivity index (χ1) is 11.5. The highest BCUT2D eigenvalue weighted by Gasteiger charge is 2.48. The van der Waals surface area contributed by atoms with Crippen molar-refractivity contribution >= 4 is 17.6 Å². The summed E-state index contributed by atoms with van der Waals surface area (Å²) in [5, 5.41) is 10.8. The second-order valence-electron chi connectivity index (χ2n) is 5.05. The molecule has 0 unspecified atom stereocenters. The zero-order valence-electron chi connectivity index (χ0n) is 13.7. The minimum absolute atomic E-state index is 0.118. The molecule has 1 rings (SSSR count). The van der Waals surface area contributed by atoms with E-state index >= 15 is 0 Å². The number of esters is 2. The summed E-state index contributed by atoms with van der Waals surface area (Å²) in [7, 11) is 0. The van der Waals surface area contributed by atoms with Crippen molar-refractivity contribution in [1.82, 2.24) is 0 Å². The molecule has 25 heavy (non-hydrogen) atoms. The molecule has 0 N–H and O–H groups in total. The lowest BCUT2D eigenvalue weighted by molar-refractivity contribution is -0.388. The van der Waals surface area contributed by atoms with Crippen LogP contribution in [0.1, 0.15) is 31.9 Å². The number of nitro groups is 1. The molecule has 0 aliphatic carbocycles. The Labute approximate surface area is 140 Å². The number of alkyl halides is 3. The van der Waals surface area contributed by atoms with E-state index in [-0.39, 0.29) is 13.2 Å². The lowest BCUT2D eigenvalue weighted by Crippen LogP contribution is -2.43. The number of ether oxygens (including phenoxy) is 2. The molecule has 0 spiro atoms. The molecule has 1 aromatic rings. The number of rotatable bonds is 6. The fourth-order valence-corrected chi connectivity index (χ4v) is 2.10. The first-order valence-corrected chi connectivity index (χ1v) is 7.20.